The molecule has 0 radical (unpaired) electrons. The van der Waals surface area contributed by atoms with Crippen LogP contribution in [0.2, 0.25) is 5.02 Å². The largest absolute Gasteiger partial charge is 0.453 e. The summed E-state index contributed by atoms with van der Waals surface area (Å²) in [5.74, 6) is -0.936. The molecule has 1 N–H and O–H groups in total. The fourth-order valence-electron chi connectivity index (χ4n) is 2.02. The zero-order chi connectivity index (χ0) is 19.1. The van der Waals surface area contributed by atoms with Crippen LogP contribution in [0.15, 0.2) is 47.4 Å². The predicted octanol–water partition coefficient (Wildman–Crippen LogP) is 4.84. The molecule has 0 heterocycles. The number of esters is 1. The number of anilines is 1. The first-order valence-corrected chi connectivity index (χ1v) is 9.36. The summed E-state index contributed by atoms with van der Waals surface area (Å²) in [5.41, 5.74) is 1.44. The molecule has 7 heteroatoms. The van der Waals surface area contributed by atoms with E-state index in [-0.39, 0.29) is 17.1 Å². The second kappa shape index (κ2) is 9.59. The van der Waals surface area contributed by atoms with Crippen LogP contribution in [0.3, 0.4) is 0 Å². The predicted molar refractivity (Wildman–Crippen MR) is 102 cm³/mol. The molecule has 1 amide bonds. The van der Waals surface area contributed by atoms with Crippen LogP contribution in [-0.4, -0.2) is 23.7 Å². The Morgan fingerprint density at radius 2 is 1.92 bits per heavy atom. The fraction of sp³-hybridized carbons (Fsp3) is 0.263. The van der Waals surface area contributed by atoms with Gasteiger partial charge in [-0.1, -0.05) is 29.3 Å². The Balaban J connectivity index is 1.76. The molecule has 0 bridgehead atoms. The summed E-state index contributed by atoms with van der Waals surface area (Å²) >= 11 is 7.40. The SMILES string of the molecule is Cc1ccc(SCCC(=O)O[C@H](C)C(=O)Nc2ccc(F)cc2Cl)cc1. The number of thioether (sulfide) groups is 1. The monoisotopic (exact) mass is 395 g/mol. The molecule has 0 spiro atoms. The molecule has 0 aliphatic heterocycles. The number of ether oxygens (including phenoxy) is 1. The maximum absolute atomic E-state index is 13.0. The third kappa shape index (κ3) is 6.35. The molecule has 0 fully saturated rings. The lowest BCUT2D eigenvalue weighted by Gasteiger charge is -2.14. The van der Waals surface area contributed by atoms with E-state index in [2.05, 4.69) is 5.32 Å². The topological polar surface area (TPSA) is 55.4 Å². The van der Waals surface area contributed by atoms with Crippen LogP contribution >= 0.6 is 23.4 Å². The molecule has 2 rings (SSSR count). The minimum absolute atomic E-state index is 0.0753. The first kappa shape index (κ1) is 20.3. The summed E-state index contributed by atoms with van der Waals surface area (Å²) in [7, 11) is 0. The molecular weight excluding hydrogens is 377 g/mol. The Bertz CT molecular complexity index is 783. The van der Waals surface area contributed by atoms with Crippen molar-refractivity contribution in [2.45, 2.75) is 31.3 Å². The number of hydrogen-bond donors (Lipinski definition) is 1. The van der Waals surface area contributed by atoms with Crippen LogP contribution in [-0.2, 0) is 14.3 Å². The highest BCUT2D eigenvalue weighted by molar-refractivity contribution is 7.99. The molecule has 4 nitrogen and oxygen atoms in total. The summed E-state index contributed by atoms with van der Waals surface area (Å²) in [6.45, 7) is 3.48. The van der Waals surface area contributed by atoms with E-state index < -0.39 is 23.8 Å². The number of carbonyl (C=O) groups excluding carboxylic acids is 2. The lowest BCUT2D eigenvalue weighted by molar-refractivity contribution is -0.152. The van der Waals surface area contributed by atoms with Gasteiger partial charge in [0.05, 0.1) is 17.1 Å². The van der Waals surface area contributed by atoms with Crippen molar-refractivity contribution in [3.8, 4) is 0 Å². The highest BCUT2D eigenvalue weighted by Crippen LogP contribution is 2.23. The second-order valence-corrected chi connectivity index (χ2v) is 7.23. The van der Waals surface area contributed by atoms with Gasteiger partial charge >= 0.3 is 5.97 Å². The average Bonchev–Trinajstić information content (AvgIpc) is 2.59. The Hall–Kier alpha value is -2.05. The average molecular weight is 396 g/mol. The van der Waals surface area contributed by atoms with Gasteiger partial charge in [0.25, 0.3) is 5.91 Å². The first-order chi connectivity index (χ1) is 12.3. The second-order valence-electron chi connectivity index (χ2n) is 5.66. The maximum Gasteiger partial charge on any atom is 0.307 e. The minimum Gasteiger partial charge on any atom is -0.453 e. The van der Waals surface area contributed by atoms with Crippen molar-refractivity contribution in [3.63, 3.8) is 0 Å². The quantitative estimate of drug-likeness (QED) is 0.538. The lowest BCUT2D eigenvalue weighted by Crippen LogP contribution is -2.30. The summed E-state index contributed by atoms with van der Waals surface area (Å²) in [6, 6.07) is 11.6. The van der Waals surface area contributed by atoms with Crippen LogP contribution in [0.25, 0.3) is 0 Å². The van der Waals surface area contributed by atoms with Crippen LogP contribution in [0.5, 0.6) is 0 Å². The lowest BCUT2D eigenvalue weighted by atomic mass is 10.2. The van der Waals surface area contributed by atoms with E-state index in [4.69, 9.17) is 16.3 Å². The smallest absolute Gasteiger partial charge is 0.307 e. The summed E-state index contributed by atoms with van der Waals surface area (Å²) < 4.78 is 18.1. The molecule has 0 unspecified atom stereocenters. The molecule has 0 saturated carbocycles. The molecule has 26 heavy (non-hydrogen) atoms. The van der Waals surface area contributed by atoms with Gasteiger partial charge < -0.3 is 10.1 Å². The number of amides is 1. The molecule has 0 saturated heterocycles. The van der Waals surface area contributed by atoms with E-state index in [9.17, 15) is 14.0 Å². The van der Waals surface area contributed by atoms with Crippen molar-refractivity contribution in [1.29, 1.82) is 0 Å². The van der Waals surface area contributed by atoms with Gasteiger partial charge in [-0.3, -0.25) is 9.59 Å². The van der Waals surface area contributed by atoms with Gasteiger partial charge in [0.1, 0.15) is 5.82 Å². The van der Waals surface area contributed by atoms with Gasteiger partial charge in [-0.25, -0.2) is 4.39 Å². The molecule has 0 aromatic heterocycles. The standard InChI is InChI=1S/C19H19ClFNO3S/c1-12-3-6-15(7-4-12)26-10-9-18(23)25-13(2)19(24)22-17-8-5-14(21)11-16(17)20/h3-8,11,13H,9-10H2,1-2H3,(H,22,24)/t13-/m1/s1. The summed E-state index contributed by atoms with van der Waals surface area (Å²) in [6.07, 6.45) is -0.791. The van der Waals surface area contributed by atoms with Crippen LogP contribution < -0.4 is 5.32 Å². The van der Waals surface area contributed by atoms with Crippen LogP contribution in [0.1, 0.15) is 18.9 Å². The molecule has 138 valence electrons. The number of rotatable bonds is 7. The van der Waals surface area contributed by atoms with Gasteiger partial charge in [0, 0.05) is 10.6 Å². The Labute approximate surface area is 161 Å². The fourth-order valence-corrected chi connectivity index (χ4v) is 3.07. The van der Waals surface area contributed by atoms with Crippen molar-refractivity contribution >= 4 is 40.9 Å². The highest BCUT2D eigenvalue weighted by Gasteiger charge is 2.18. The third-order valence-electron chi connectivity index (χ3n) is 3.46. The van der Waals surface area contributed by atoms with Crippen molar-refractivity contribution < 1.29 is 18.7 Å². The van der Waals surface area contributed by atoms with E-state index >= 15 is 0 Å². The Morgan fingerprint density at radius 3 is 2.58 bits per heavy atom. The number of nitrogens with one attached hydrogen (secondary N) is 1. The Morgan fingerprint density at radius 1 is 1.23 bits per heavy atom. The van der Waals surface area contributed by atoms with Crippen molar-refractivity contribution in [1.82, 2.24) is 0 Å². The zero-order valence-corrected chi connectivity index (χ0v) is 16.0. The normalized spacial score (nSPS) is 11.7. The summed E-state index contributed by atoms with van der Waals surface area (Å²) in [4.78, 5) is 25.0. The van der Waals surface area contributed by atoms with Gasteiger partial charge in [-0.15, -0.1) is 11.8 Å². The van der Waals surface area contributed by atoms with Crippen molar-refractivity contribution in [2.75, 3.05) is 11.1 Å². The number of aryl methyl sites for hydroxylation is 1. The van der Waals surface area contributed by atoms with E-state index in [0.29, 0.717) is 5.75 Å². The number of hydrogen-bond acceptors (Lipinski definition) is 4. The molecule has 0 aliphatic rings. The van der Waals surface area contributed by atoms with Crippen LogP contribution in [0.4, 0.5) is 10.1 Å². The van der Waals surface area contributed by atoms with Crippen molar-refractivity contribution in [2.24, 2.45) is 0 Å². The van der Waals surface area contributed by atoms with Gasteiger partial charge in [-0.2, -0.15) is 0 Å². The van der Waals surface area contributed by atoms with E-state index in [1.807, 2.05) is 31.2 Å². The number of carbonyl (C=O) groups is 2. The van der Waals surface area contributed by atoms with Gasteiger partial charge in [0.15, 0.2) is 6.10 Å². The van der Waals surface area contributed by atoms with Crippen LogP contribution in [0, 0.1) is 12.7 Å². The van der Waals surface area contributed by atoms with E-state index in [0.717, 1.165) is 11.0 Å². The zero-order valence-electron chi connectivity index (χ0n) is 14.4. The number of halogens is 2. The molecule has 2 aromatic rings. The summed E-state index contributed by atoms with van der Waals surface area (Å²) in [5, 5.41) is 2.59. The Kier molecular flexibility index (Phi) is 7.48. The minimum atomic E-state index is -0.979. The highest BCUT2D eigenvalue weighted by atomic mass is 35.5. The van der Waals surface area contributed by atoms with E-state index in [1.165, 1.54) is 24.6 Å². The molecule has 2 aromatic carbocycles. The third-order valence-corrected chi connectivity index (χ3v) is 4.79. The molecular formula is C19H19ClFNO3S. The number of benzene rings is 2. The first-order valence-electron chi connectivity index (χ1n) is 8.00. The van der Waals surface area contributed by atoms with Gasteiger partial charge in [-0.05, 0) is 44.2 Å². The van der Waals surface area contributed by atoms with Crippen molar-refractivity contribution in [3.05, 3.63) is 58.9 Å². The molecule has 1 atom stereocenters. The van der Waals surface area contributed by atoms with Gasteiger partial charge in [0.2, 0.25) is 0 Å². The molecule has 0 aliphatic carbocycles. The maximum atomic E-state index is 13.0. The van der Waals surface area contributed by atoms with E-state index in [1.54, 1.807) is 11.8 Å².